The van der Waals surface area contributed by atoms with E-state index in [1.807, 2.05) is 6.92 Å². The van der Waals surface area contributed by atoms with Gasteiger partial charge in [0.1, 0.15) is 5.76 Å². The van der Waals surface area contributed by atoms with E-state index in [1.165, 1.54) is 0 Å². The Bertz CT molecular complexity index is 456. The van der Waals surface area contributed by atoms with E-state index in [0.29, 0.717) is 18.0 Å². The van der Waals surface area contributed by atoms with Gasteiger partial charge in [0.15, 0.2) is 0 Å². The highest BCUT2D eigenvalue weighted by molar-refractivity contribution is 5.84. The van der Waals surface area contributed by atoms with E-state index < -0.39 is 5.97 Å². The number of ether oxygens (including phenoxy) is 1. The zero-order chi connectivity index (χ0) is 12.7. The van der Waals surface area contributed by atoms with Crippen LogP contribution in [0.25, 0.3) is 0 Å². The Morgan fingerprint density at radius 2 is 2.11 bits per heavy atom. The van der Waals surface area contributed by atoms with E-state index in [-0.39, 0.29) is 5.76 Å². The lowest BCUT2D eigenvalue weighted by molar-refractivity contribution is -0.0411. The van der Waals surface area contributed by atoms with E-state index in [1.54, 1.807) is 6.07 Å². The maximum absolute atomic E-state index is 10.8. The number of morpholine rings is 1. The number of rotatable bonds is 3. The third-order valence-corrected chi connectivity index (χ3v) is 3.74. The van der Waals surface area contributed by atoms with Crippen molar-refractivity contribution in [3.63, 3.8) is 0 Å². The van der Waals surface area contributed by atoms with Gasteiger partial charge in [-0.25, -0.2) is 4.79 Å². The average Bonchev–Trinajstić information content (AvgIpc) is 2.84. The van der Waals surface area contributed by atoms with Gasteiger partial charge in [0.25, 0.3) is 0 Å². The largest absolute Gasteiger partial charge is 0.475 e. The van der Waals surface area contributed by atoms with Crippen LogP contribution < -0.4 is 0 Å². The Labute approximate surface area is 105 Å². The molecule has 2 atom stereocenters. The van der Waals surface area contributed by atoms with Gasteiger partial charge in [0.05, 0.1) is 12.2 Å². The Morgan fingerprint density at radius 3 is 2.67 bits per heavy atom. The molecule has 2 fully saturated rings. The minimum absolute atomic E-state index is 0.0266. The van der Waals surface area contributed by atoms with Crippen LogP contribution in [-0.4, -0.2) is 41.3 Å². The van der Waals surface area contributed by atoms with Gasteiger partial charge in [0, 0.05) is 25.2 Å². The van der Waals surface area contributed by atoms with Crippen LogP contribution in [0.4, 0.5) is 0 Å². The molecule has 1 aromatic heterocycles. The summed E-state index contributed by atoms with van der Waals surface area (Å²) in [5.41, 5.74) is 0.966. The molecular formula is C13H17NO4. The summed E-state index contributed by atoms with van der Waals surface area (Å²) in [6.45, 7) is 4.43. The van der Waals surface area contributed by atoms with Crippen LogP contribution in [0, 0.1) is 6.92 Å². The quantitative estimate of drug-likeness (QED) is 0.885. The summed E-state index contributed by atoms with van der Waals surface area (Å²) in [7, 11) is 0. The van der Waals surface area contributed by atoms with Crippen LogP contribution in [0.15, 0.2) is 10.5 Å². The van der Waals surface area contributed by atoms with Crippen LogP contribution in [0.1, 0.15) is 34.7 Å². The molecule has 18 heavy (non-hydrogen) atoms. The molecule has 2 saturated heterocycles. The Balaban J connectivity index is 1.71. The van der Waals surface area contributed by atoms with Crippen LogP contribution in [0.5, 0.6) is 0 Å². The summed E-state index contributed by atoms with van der Waals surface area (Å²) < 4.78 is 11.0. The van der Waals surface area contributed by atoms with E-state index in [9.17, 15) is 4.79 Å². The number of carboxylic acid groups (broad SMARTS) is 1. The van der Waals surface area contributed by atoms with E-state index in [2.05, 4.69) is 4.90 Å². The molecule has 2 aliphatic heterocycles. The molecular weight excluding hydrogens is 234 g/mol. The molecule has 0 aromatic carbocycles. The minimum Gasteiger partial charge on any atom is -0.475 e. The van der Waals surface area contributed by atoms with Crippen molar-refractivity contribution >= 4 is 5.97 Å². The second kappa shape index (κ2) is 4.40. The minimum atomic E-state index is -1.01. The smallest absolute Gasteiger partial charge is 0.371 e. The Morgan fingerprint density at radius 1 is 1.44 bits per heavy atom. The van der Waals surface area contributed by atoms with Crippen molar-refractivity contribution in [3.05, 3.63) is 23.2 Å². The SMILES string of the molecule is Cc1oc(C(=O)O)cc1CN1CC2CCC(C1)O2. The molecule has 3 heterocycles. The van der Waals surface area contributed by atoms with E-state index in [4.69, 9.17) is 14.3 Å². The number of carboxylic acids is 1. The third-order valence-electron chi connectivity index (χ3n) is 3.74. The summed E-state index contributed by atoms with van der Waals surface area (Å²) in [5, 5.41) is 8.90. The van der Waals surface area contributed by atoms with Gasteiger partial charge in [-0.05, 0) is 25.8 Å². The standard InChI is InChI=1S/C13H17NO4/c1-8-9(4-12(17-8)13(15)16)5-14-6-10-2-3-11(7-14)18-10/h4,10-11H,2-3,5-7H2,1H3,(H,15,16). The first-order valence-corrected chi connectivity index (χ1v) is 6.32. The Hall–Kier alpha value is -1.33. The second-order valence-corrected chi connectivity index (χ2v) is 5.15. The topological polar surface area (TPSA) is 62.9 Å². The summed E-state index contributed by atoms with van der Waals surface area (Å²) in [6.07, 6.45) is 3.00. The van der Waals surface area contributed by atoms with Crippen molar-refractivity contribution in [1.29, 1.82) is 0 Å². The van der Waals surface area contributed by atoms with Crippen LogP contribution in [0.3, 0.4) is 0 Å². The Kier molecular flexibility index (Phi) is 2.87. The van der Waals surface area contributed by atoms with Crippen LogP contribution >= 0.6 is 0 Å². The lowest BCUT2D eigenvalue weighted by atomic mass is 10.2. The molecule has 0 radical (unpaired) electrons. The van der Waals surface area contributed by atoms with E-state index in [0.717, 1.165) is 38.0 Å². The van der Waals surface area contributed by atoms with Crippen molar-refractivity contribution in [2.75, 3.05) is 13.1 Å². The molecule has 2 aliphatic rings. The van der Waals surface area contributed by atoms with Gasteiger partial charge in [-0.1, -0.05) is 0 Å². The monoisotopic (exact) mass is 251 g/mol. The lowest BCUT2D eigenvalue weighted by Crippen LogP contribution is -2.42. The third kappa shape index (κ3) is 2.15. The van der Waals surface area contributed by atoms with Crippen molar-refractivity contribution in [3.8, 4) is 0 Å². The number of likely N-dealkylation sites (tertiary alicyclic amines) is 1. The molecule has 5 heteroatoms. The normalized spacial score (nSPS) is 27.6. The highest BCUT2D eigenvalue weighted by Gasteiger charge is 2.33. The first kappa shape index (κ1) is 11.7. The maximum atomic E-state index is 10.8. The highest BCUT2D eigenvalue weighted by Crippen LogP contribution is 2.28. The number of carbonyl (C=O) groups is 1. The molecule has 0 spiro atoms. The zero-order valence-electron chi connectivity index (χ0n) is 10.4. The molecule has 0 aliphatic carbocycles. The van der Waals surface area contributed by atoms with E-state index >= 15 is 0 Å². The number of nitrogens with zero attached hydrogens (tertiary/aromatic N) is 1. The summed E-state index contributed by atoms with van der Waals surface area (Å²) in [5.74, 6) is -0.281. The van der Waals surface area contributed by atoms with Crippen molar-refractivity contribution in [2.24, 2.45) is 0 Å². The second-order valence-electron chi connectivity index (χ2n) is 5.15. The molecule has 0 saturated carbocycles. The molecule has 1 aromatic rings. The van der Waals surface area contributed by atoms with Gasteiger partial charge in [0.2, 0.25) is 5.76 Å². The molecule has 0 amide bonds. The fourth-order valence-electron chi connectivity index (χ4n) is 2.85. The molecule has 3 rings (SSSR count). The van der Waals surface area contributed by atoms with Gasteiger partial charge in [-0.3, -0.25) is 4.90 Å². The number of fused-ring (bicyclic) bond motifs is 2. The highest BCUT2D eigenvalue weighted by atomic mass is 16.5. The average molecular weight is 251 g/mol. The lowest BCUT2D eigenvalue weighted by Gasteiger charge is -2.31. The number of hydrogen-bond donors (Lipinski definition) is 1. The summed E-state index contributed by atoms with van der Waals surface area (Å²) >= 11 is 0. The van der Waals surface area contributed by atoms with Gasteiger partial charge in [-0.15, -0.1) is 0 Å². The maximum Gasteiger partial charge on any atom is 0.371 e. The molecule has 5 nitrogen and oxygen atoms in total. The van der Waals surface area contributed by atoms with Crippen LogP contribution in [0.2, 0.25) is 0 Å². The zero-order valence-corrected chi connectivity index (χ0v) is 10.4. The van der Waals surface area contributed by atoms with Gasteiger partial charge >= 0.3 is 5.97 Å². The first-order valence-electron chi connectivity index (χ1n) is 6.32. The van der Waals surface area contributed by atoms with Gasteiger partial charge in [-0.2, -0.15) is 0 Å². The van der Waals surface area contributed by atoms with Gasteiger partial charge < -0.3 is 14.3 Å². The number of aromatic carboxylic acids is 1. The predicted molar refractivity (Wildman–Crippen MR) is 63.6 cm³/mol. The summed E-state index contributed by atoms with van der Waals surface area (Å²) in [6, 6.07) is 1.63. The number of aryl methyl sites for hydroxylation is 1. The fourth-order valence-corrected chi connectivity index (χ4v) is 2.85. The first-order chi connectivity index (χ1) is 8.61. The molecule has 98 valence electrons. The fraction of sp³-hybridized carbons (Fsp3) is 0.615. The number of furan rings is 1. The molecule has 1 N–H and O–H groups in total. The van der Waals surface area contributed by atoms with Crippen molar-refractivity contribution in [2.45, 2.75) is 38.5 Å². The van der Waals surface area contributed by atoms with Crippen molar-refractivity contribution < 1.29 is 19.1 Å². The molecule has 2 unspecified atom stereocenters. The number of hydrogen-bond acceptors (Lipinski definition) is 4. The predicted octanol–water partition coefficient (Wildman–Crippen LogP) is 1.65. The van der Waals surface area contributed by atoms with Crippen molar-refractivity contribution in [1.82, 2.24) is 4.90 Å². The van der Waals surface area contributed by atoms with Crippen LogP contribution in [-0.2, 0) is 11.3 Å². The molecule has 2 bridgehead atoms. The summed E-state index contributed by atoms with van der Waals surface area (Å²) in [4.78, 5) is 13.2.